The summed E-state index contributed by atoms with van der Waals surface area (Å²) in [6.45, 7) is 6.74. The second kappa shape index (κ2) is 10.5. The average molecular weight is 533 g/mol. The van der Waals surface area contributed by atoms with Crippen LogP contribution in [0.2, 0.25) is 0 Å². The van der Waals surface area contributed by atoms with Gasteiger partial charge in [-0.3, -0.25) is 19.0 Å². The average Bonchev–Trinajstić information content (AvgIpc) is 3.26. The van der Waals surface area contributed by atoms with Gasteiger partial charge in [-0.2, -0.15) is 0 Å². The van der Waals surface area contributed by atoms with Crippen molar-refractivity contribution in [3.8, 4) is 5.69 Å². The number of aryl methyl sites for hydroxylation is 2. The van der Waals surface area contributed by atoms with Crippen LogP contribution in [0.5, 0.6) is 0 Å². The molecule has 5 rings (SSSR count). The van der Waals surface area contributed by atoms with E-state index in [2.05, 4.69) is 12.2 Å². The molecule has 3 heterocycles. The number of benzene rings is 2. The van der Waals surface area contributed by atoms with E-state index in [9.17, 15) is 14.4 Å². The Hall–Kier alpha value is -3.43. The van der Waals surface area contributed by atoms with E-state index in [-0.39, 0.29) is 23.1 Å². The van der Waals surface area contributed by atoms with Crippen LogP contribution < -0.4 is 10.9 Å². The minimum Gasteiger partial charge on any atom is -0.337 e. The van der Waals surface area contributed by atoms with Crippen LogP contribution in [0, 0.1) is 6.92 Å². The molecule has 0 atom stereocenters. The highest BCUT2D eigenvalue weighted by molar-refractivity contribution is 7.99. The highest BCUT2D eigenvalue weighted by atomic mass is 32.2. The molecule has 0 unspecified atom stereocenters. The number of aromatic nitrogens is 2. The molecule has 4 aromatic rings. The maximum Gasteiger partial charge on any atom is 0.267 e. The van der Waals surface area contributed by atoms with Gasteiger partial charge in [0.25, 0.3) is 5.56 Å². The number of carbonyl (C=O) groups excluding carboxylic acids is 2. The number of hydrogen-bond acceptors (Lipinski definition) is 6. The van der Waals surface area contributed by atoms with Gasteiger partial charge in [0.05, 0.1) is 23.4 Å². The SMILES string of the molecule is CCc1ccc(NC(=O)CSc2nc3sc4c(c3c(=O)n2-c2ccc(C)cc2)CCN(C(C)=O)C4)cc1. The number of rotatable bonds is 6. The van der Waals surface area contributed by atoms with E-state index in [1.54, 1.807) is 16.4 Å². The Bertz CT molecular complexity index is 1540. The number of hydrogen-bond donors (Lipinski definition) is 1. The Morgan fingerprint density at radius 2 is 1.84 bits per heavy atom. The van der Waals surface area contributed by atoms with Crippen molar-refractivity contribution < 1.29 is 9.59 Å². The van der Waals surface area contributed by atoms with Crippen molar-refractivity contribution in [3.05, 3.63) is 80.5 Å². The first kappa shape index (κ1) is 25.2. The zero-order chi connectivity index (χ0) is 26.1. The van der Waals surface area contributed by atoms with Gasteiger partial charge >= 0.3 is 0 Å². The van der Waals surface area contributed by atoms with Crippen molar-refractivity contribution >= 4 is 50.8 Å². The topological polar surface area (TPSA) is 84.3 Å². The Morgan fingerprint density at radius 3 is 2.51 bits per heavy atom. The molecule has 9 heteroatoms. The number of fused-ring (bicyclic) bond motifs is 3. The van der Waals surface area contributed by atoms with Crippen LogP contribution in [-0.2, 0) is 29.0 Å². The summed E-state index contributed by atoms with van der Waals surface area (Å²) in [5, 5.41) is 4.02. The fourth-order valence-corrected chi connectivity index (χ4v) is 6.55. The number of nitrogens with one attached hydrogen (secondary N) is 1. The highest BCUT2D eigenvalue weighted by Crippen LogP contribution is 2.34. The summed E-state index contributed by atoms with van der Waals surface area (Å²) in [6.07, 6.45) is 1.57. The van der Waals surface area contributed by atoms with Crippen molar-refractivity contribution in [3.63, 3.8) is 0 Å². The molecule has 1 aliphatic rings. The minimum atomic E-state index is -0.165. The predicted octanol–water partition coefficient (Wildman–Crippen LogP) is 4.95. The molecule has 0 saturated carbocycles. The molecule has 37 heavy (non-hydrogen) atoms. The van der Waals surface area contributed by atoms with Gasteiger partial charge in [0.1, 0.15) is 4.83 Å². The molecular weight excluding hydrogens is 504 g/mol. The molecule has 1 N–H and O–H groups in total. The summed E-state index contributed by atoms with van der Waals surface area (Å²) in [4.78, 5) is 46.9. The summed E-state index contributed by atoms with van der Waals surface area (Å²) in [5.41, 5.74) is 4.59. The number of nitrogens with zero attached hydrogens (tertiary/aromatic N) is 3. The quantitative estimate of drug-likeness (QED) is 0.281. The lowest BCUT2D eigenvalue weighted by Gasteiger charge is -2.25. The molecule has 0 fully saturated rings. The van der Waals surface area contributed by atoms with E-state index in [1.807, 2.05) is 55.5 Å². The first-order valence-electron chi connectivity index (χ1n) is 12.3. The van der Waals surface area contributed by atoms with E-state index in [0.717, 1.165) is 28.1 Å². The zero-order valence-electron chi connectivity index (χ0n) is 21.0. The van der Waals surface area contributed by atoms with Crippen LogP contribution in [0.3, 0.4) is 0 Å². The fourth-order valence-electron chi connectivity index (χ4n) is 4.46. The van der Waals surface area contributed by atoms with E-state index in [1.165, 1.54) is 28.7 Å². The number of amides is 2. The smallest absolute Gasteiger partial charge is 0.267 e. The second-order valence-electron chi connectivity index (χ2n) is 9.13. The molecule has 2 aromatic carbocycles. The van der Waals surface area contributed by atoms with Gasteiger partial charge in [0.15, 0.2) is 5.16 Å². The molecular formula is C28H28N4O3S2. The molecule has 2 aromatic heterocycles. The van der Waals surface area contributed by atoms with Crippen molar-refractivity contribution in [1.82, 2.24) is 14.5 Å². The normalized spacial score (nSPS) is 13.0. The number of carbonyl (C=O) groups is 2. The first-order valence-corrected chi connectivity index (χ1v) is 14.1. The lowest BCUT2D eigenvalue weighted by molar-refractivity contribution is -0.129. The van der Waals surface area contributed by atoms with Gasteiger partial charge in [0, 0.05) is 24.0 Å². The lowest BCUT2D eigenvalue weighted by Crippen LogP contribution is -2.34. The number of thioether (sulfide) groups is 1. The van der Waals surface area contributed by atoms with Crippen molar-refractivity contribution in [1.29, 1.82) is 0 Å². The van der Waals surface area contributed by atoms with Crippen LogP contribution in [0.1, 0.15) is 35.4 Å². The first-order chi connectivity index (χ1) is 17.8. The third kappa shape index (κ3) is 5.19. The lowest BCUT2D eigenvalue weighted by atomic mass is 10.1. The highest BCUT2D eigenvalue weighted by Gasteiger charge is 2.26. The molecule has 0 bridgehead atoms. The van der Waals surface area contributed by atoms with Crippen LogP contribution in [-0.4, -0.2) is 38.6 Å². The van der Waals surface area contributed by atoms with Crippen molar-refractivity contribution in [2.45, 2.75) is 45.3 Å². The third-order valence-corrected chi connectivity index (χ3v) is 8.61. The van der Waals surface area contributed by atoms with Crippen LogP contribution in [0.25, 0.3) is 15.9 Å². The maximum atomic E-state index is 13.9. The van der Waals surface area contributed by atoms with Gasteiger partial charge in [-0.25, -0.2) is 4.98 Å². The van der Waals surface area contributed by atoms with Crippen molar-refractivity contribution in [2.75, 3.05) is 17.6 Å². The number of anilines is 1. The van der Waals surface area contributed by atoms with E-state index in [0.29, 0.717) is 40.6 Å². The monoisotopic (exact) mass is 532 g/mol. The van der Waals surface area contributed by atoms with Gasteiger partial charge in [-0.1, -0.05) is 48.5 Å². The molecule has 0 aliphatic carbocycles. The molecule has 1 aliphatic heterocycles. The number of thiophene rings is 1. The molecule has 0 spiro atoms. The van der Waals surface area contributed by atoms with Crippen LogP contribution >= 0.6 is 23.1 Å². The predicted molar refractivity (Wildman–Crippen MR) is 150 cm³/mol. The fraction of sp³-hybridized carbons (Fsp3) is 0.286. The van der Waals surface area contributed by atoms with Crippen molar-refractivity contribution in [2.24, 2.45) is 0 Å². The Labute approximate surface area is 223 Å². The molecule has 7 nitrogen and oxygen atoms in total. The van der Waals surface area contributed by atoms with Gasteiger partial charge in [-0.05, 0) is 55.2 Å². The molecule has 0 saturated heterocycles. The summed E-state index contributed by atoms with van der Waals surface area (Å²) in [7, 11) is 0. The molecule has 190 valence electrons. The summed E-state index contributed by atoms with van der Waals surface area (Å²) < 4.78 is 1.61. The Kier molecular flexibility index (Phi) is 7.17. The summed E-state index contributed by atoms with van der Waals surface area (Å²) in [6, 6.07) is 15.5. The van der Waals surface area contributed by atoms with Gasteiger partial charge in [0.2, 0.25) is 11.8 Å². The van der Waals surface area contributed by atoms with E-state index in [4.69, 9.17) is 4.98 Å². The Morgan fingerprint density at radius 1 is 1.11 bits per heavy atom. The van der Waals surface area contributed by atoms with E-state index >= 15 is 0 Å². The summed E-state index contributed by atoms with van der Waals surface area (Å²) >= 11 is 2.71. The van der Waals surface area contributed by atoms with E-state index < -0.39 is 0 Å². The van der Waals surface area contributed by atoms with Crippen LogP contribution in [0.15, 0.2) is 58.5 Å². The van der Waals surface area contributed by atoms with Gasteiger partial charge < -0.3 is 10.2 Å². The largest absolute Gasteiger partial charge is 0.337 e. The maximum absolute atomic E-state index is 13.9. The van der Waals surface area contributed by atoms with Gasteiger partial charge in [-0.15, -0.1) is 11.3 Å². The summed E-state index contributed by atoms with van der Waals surface area (Å²) in [5.74, 6) is -0.0240. The van der Waals surface area contributed by atoms with Crippen LogP contribution in [0.4, 0.5) is 5.69 Å². The minimum absolute atomic E-state index is 0.0275. The zero-order valence-corrected chi connectivity index (χ0v) is 22.7. The molecule has 2 amide bonds. The standard InChI is InChI=1S/C28H28N4O3S2/c1-4-19-7-9-20(10-8-19)29-24(34)16-36-28-30-26-25(22-13-14-31(18(3)33)15-23(22)37-26)27(35)32(28)21-11-5-17(2)6-12-21/h5-12H,4,13-16H2,1-3H3,(H,29,34). The third-order valence-electron chi connectivity index (χ3n) is 6.56. The molecule has 0 radical (unpaired) electrons. The Balaban J connectivity index is 1.49. The second-order valence-corrected chi connectivity index (χ2v) is 11.2.